The average Bonchev–Trinajstić information content (AvgIpc) is 2.97. The van der Waals surface area contributed by atoms with Gasteiger partial charge in [0.15, 0.2) is 11.5 Å². The summed E-state index contributed by atoms with van der Waals surface area (Å²) in [5.74, 6) is 0.977. The predicted octanol–water partition coefficient (Wildman–Crippen LogP) is 6.18. The molecule has 0 spiro atoms. The second-order valence-electron chi connectivity index (χ2n) is 9.22. The fraction of sp³-hybridized carbons (Fsp3) is 0.219. The topological polar surface area (TPSA) is 48.0 Å². The van der Waals surface area contributed by atoms with Crippen LogP contribution in [0.4, 0.5) is 4.39 Å². The molecular formula is C32H30FNO4. The van der Waals surface area contributed by atoms with Crippen molar-refractivity contribution in [2.75, 3.05) is 27.4 Å². The summed E-state index contributed by atoms with van der Waals surface area (Å²) in [7, 11) is 3.21. The number of amides is 1. The molecule has 4 aromatic carbocycles. The molecule has 1 heterocycles. The number of hydrogen-bond donors (Lipinski definition) is 0. The van der Waals surface area contributed by atoms with Crippen molar-refractivity contribution in [3.8, 4) is 17.2 Å². The smallest absolute Gasteiger partial charge is 0.235 e. The lowest BCUT2D eigenvalue weighted by Gasteiger charge is -2.39. The van der Waals surface area contributed by atoms with E-state index in [1.54, 1.807) is 26.4 Å². The molecule has 0 saturated carbocycles. The lowest BCUT2D eigenvalue weighted by atomic mass is 9.86. The Kier molecular flexibility index (Phi) is 7.59. The van der Waals surface area contributed by atoms with Gasteiger partial charge >= 0.3 is 0 Å². The average molecular weight is 512 g/mol. The van der Waals surface area contributed by atoms with Gasteiger partial charge in [0, 0.05) is 6.54 Å². The number of fused-ring (bicyclic) bond motifs is 1. The summed E-state index contributed by atoms with van der Waals surface area (Å²) < 4.78 is 30.7. The fourth-order valence-corrected chi connectivity index (χ4v) is 5.11. The van der Waals surface area contributed by atoms with Gasteiger partial charge in [0.05, 0.1) is 26.2 Å². The van der Waals surface area contributed by atoms with E-state index in [4.69, 9.17) is 14.2 Å². The molecule has 0 fully saturated rings. The van der Waals surface area contributed by atoms with E-state index in [0.29, 0.717) is 30.2 Å². The number of ether oxygens (including phenoxy) is 3. The van der Waals surface area contributed by atoms with Crippen molar-refractivity contribution in [2.24, 2.45) is 0 Å². The van der Waals surface area contributed by atoms with Crippen LogP contribution in [0.2, 0.25) is 0 Å². The zero-order valence-electron chi connectivity index (χ0n) is 21.5. The highest BCUT2D eigenvalue weighted by atomic mass is 19.1. The lowest BCUT2D eigenvalue weighted by Crippen LogP contribution is -2.45. The predicted molar refractivity (Wildman–Crippen MR) is 144 cm³/mol. The van der Waals surface area contributed by atoms with Gasteiger partial charge in [0.25, 0.3) is 0 Å². The molecule has 0 aliphatic carbocycles. The van der Waals surface area contributed by atoms with Gasteiger partial charge in [-0.2, -0.15) is 0 Å². The zero-order chi connectivity index (χ0) is 26.5. The molecule has 5 nitrogen and oxygen atoms in total. The van der Waals surface area contributed by atoms with Gasteiger partial charge in [-0.15, -0.1) is 0 Å². The zero-order valence-corrected chi connectivity index (χ0v) is 21.5. The largest absolute Gasteiger partial charge is 0.493 e. The van der Waals surface area contributed by atoms with E-state index in [2.05, 4.69) is 0 Å². The first-order valence-corrected chi connectivity index (χ1v) is 12.6. The highest BCUT2D eigenvalue weighted by Gasteiger charge is 2.37. The van der Waals surface area contributed by atoms with Crippen LogP contribution in [-0.4, -0.2) is 38.2 Å². The fourth-order valence-electron chi connectivity index (χ4n) is 5.11. The summed E-state index contributed by atoms with van der Waals surface area (Å²) in [5.41, 5.74) is 3.89. The minimum atomic E-state index is -0.465. The maximum atomic E-state index is 14.4. The van der Waals surface area contributed by atoms with Crippen molar-refractivity contribution < 1.29 is 23.4 Å². The third-order valence-electron chi connectivity index (χ3n) is 7.02. The Morgan fingerprint density at radius 1 is 0.868 bits per heavy atom. The second-order valence-corrected chi connectivity index (χ2v) is 9.22. The number of methoxy groups -OCH3 is 2. The number of carbonyl (C=O) groups is 1. The Hall–Kier alpha value is -4.32. The van der Waals surface area contributed by atoms with Crippen LogP contribution in [0.15, 0.2) is 97.1 Å². The number of nitrogens with zero attached hydrogens (tertiary/aromatic N) is 1. The minimum absolute atomic E-state index is 0.00413. The van der Waals surface area contributed by atoms with Crippen LogP contribution in [0, 0.1) is 5.82 Å². The normalized spacial score (nSPS) is 14.6. The SMILES string of the molecule is COc1cc2c(cc1OC)C(COc1ccc(F)cc1)N(C(=O)C(c1ccccc1)c1ccccc1)CC2. The summed E-state index contributed by atoms with van der Waals surface area (Å²) in [6.45, 7) is 0.727. The Labute approximate surface area is 222 Å². The molecule has 0 saturated heterocycles. The van der Waals surface area contributed by atoms with Crippen LogP contribution >= 0.6 is 0 Å². The number of halogens is 1. The molecular weight excluding hydrogens is 481 g/mol. The molecule has 4 aromatic rings. The highest BCUT2D eigenvalue weighted by molar-refractivity contribution is 5.88. The van der Waals surface area contributed by atoms with E-state index in [-0.39, 0.29) is 24.4 Å². The van der Waals surface area contributed by atoms with Crippen molar-refractivity contribution in [2.45, 2.75) is 18.4 Å². The molecule has 1 amide bonds. The molecule has 5 rings (SSSR count). The van der Waals surface area contributed by atoms with Crippen LogP contribution in [0.1, 0.15) is 34.2 Å². The third-order valence-corrected chi connectivity index (χ3v) is 7.02. The van der Waals surface area contributed by atoms with Gasteiger partial charge in [0.1, 0.15) is 18.2 Å². The molecule has 38 heavy (non-hydrogen) atoms. The van der Waals surface area contributed by atoms with E-state index in [0.717, 1.165) is 22.3 Å². The molecule has 194 valence electrons. The number of rotatable bonds is 8. The molecule has 1 unspecified atom stereocenters. The van der Waals surface area contributed by atoms with Gasteiger partial charge < -0.3 is 19.1 Å². The van der Waals surface area contributed by atoms with E-state index < -0.39 is 5.92 Å². The van der Waals surface area contributed by atoms with E-state index >= 15 is 0 Å². The first-order chi connectivity index (χ1) is 18.6. The standard InChI is InChI=1S/C32H30FNO4/c1-36-29-19-24-17-18-34(32(35)31(22-9-5-3-6-10-22)23-11-7-4-8-12-23)28(27(24)20-30(29)37-2)21-38-26-15-13-25(33)14-16-26/h3-16,19-20,28,31H,17-18,21H2,1-2H3. The molecule has 0 bridgehead atoms. The van der Waals surface area contributed by atoms with E-state index in [1.807, 2.05) is 77.7 Å². The monoisotopic (exact) mass is 511 g/mol. The number of benzene rings is 4. The van der Waals surface area contributed by atoms with Crippen LogP contribution in [0.3, 0.4) is 0 Å². The summed E-state index contributed by atoms with van der Waals surface area (Å²) >= 11 is 0. The first kappa shape index (κ1) is 25.3. The molecule has 0 aromatic heterocycles. The Bertz CT molecular complexity index is 1340. The van der Waals surface area contributed by atoms with Gasteiger partial charge in [-0.05, 0) is 65.1 Å². The Morgan fingerprint density at radius 3 is 2.03 bits per heavy atom. The molecule has 1 aliphatic rings. The number of carbonyl (C=O) groups excluding carboxylic acids is 1. The summed E-state index contributed by atoms with van der Waals surface area (Å²) in [5, 5.41) is 0. The second kappa shape index (κ2) is 11.4. The van der Waals surface area contributed by atoms with Gasteiger partial charge in [0.2, 0.25) is 5.91 Å². The van der Waals surface area contributed by atoms with Crippen molar-refractivity contribution >= 4 is 5.91 Å². The minimum Gasteiger partial charge on any atom is -0.493 e. The van der Waals surface area contributed by atoms with Gasteiger partial charge in [-0.1, -0.05) is 60.7 Å². The van der Waals surface area contributed by atoms with Crippen LogP contribution in [0.25, 0.3) is 0 Å². The highest BCUT2D eigenvalue weighted by Crippen LogP contribution is 2.40. The molecule has 0 radical (unpaired) electrons. The molecule has 1 aliphatic heterocycles. The lowest BCUT2D eigenvalue weighted by molar-refractivity contribution is -0.135. The summed E-state index contributed by atoms with van der Waals surface area (Å²) in [6.07, 6.45) is 0.671. The van der Waals surface area contributed by atoms with Crippen LogP contribution in [0.5, 0.6) is 17.2 Å². The van der Waals surface area contributed by atoms with Crippen LogP contribution < -0.4 is 14.2 Å². The summed E-state index contributed by atoms with van der Waals surface area (Å²) in [4.78, 5) is 16.3. The Morgan fingerprint density at radius 2 is 1.45 bits per heavy atom. The van der Waals surface area contributed by atoms with Gasteiger partial charge in [-0.3, -0.25) is 4.79 Å². The van der Waals surface area contributed by atoms with Crippen LogP contribution in [-0.2, 0) is 11.2 Å². The summed E-state index contributed by atoms with van der Waals surface area (Å²) in [6, 6.07) is 29.1. The van der Waals surface area contributed by atoms with E-state index in [1.165, 1.54) is 12.1 Å². The molecule has 1 atom stereocenters. The molecule has 6 heteroatoms. The first-order valence-electron chi connectivity index (χ1n) is 12.6. The maximum absolute atomic E-state index is 14.4. The van der Waals surface area contributed by atoms with E-state index in [9.17, 15) is 9.18 Å². The molecule has 0 N–H and O–H groups in total. The van der Waals surface area contributed by atoms with Crippen molar-refractivity contribution in [1.29, 1.82) is 0 Å². The number of hydrogen-bond acceptors (Lipinski definition) is 4. The van der Waals surface area contributed by atoms with Crippen molar-refractivity contribution in [1.82, 2.24) is 4.90 Å². The van der Waals surface area contributed by atoms with Crippen molar-refractivity contribution in [3.63, 3.8) is 0 Å². The quantitative estimate of drug-likeness (QED) is 0.284. The van der Waals surface area contributed by atoms with Crippen molar-refractivity contribution in [3.05, 3.63) is 125 Å². The third kappa shape index (κ3) is 5.21. The Balaban J connectivity index is 1.55. The maximum Gasteiger partial charge on any atom is 0.235 e. The van der Waals surface area contributed by atoms with Gasteiger partial charge in [-0.25, -0.2) is 4.39 Å².